The number of β-amino-alcohol motifs (C(OH)–C–C–N with tert-alkyl or cyclic N) is 1. The first-order chi connectivity index (χ1) is 8.93. The van der Waals surface area contributed by atoms with Gasteiger partial charge in [0.05, 0.1) is 18.5 Å². The molecule has 0 spiro atoms. The van der Waals surface area contributed by atoms with E-state index in [1.54, 1.807) is 0 Å². The lowest BCUT2D eigenvalue weighted by molar-refractivity contribution is -0.175. The van der Waals surface area contributed by atoms with E-state index in [4.69, 9.17) is 0 Å². The molecule has 0 aromatic carbocycles. The summed E-state index contributed by atoms with van der Waals surface area (Å²) in [5, 5.41) is 13.7. The number of nitrogens with zero attached hydrogens (tertiary/aromatic N) is 1. The molecule has 0 aliphatic carbocycles. The minimum Gasteiger partial charge on any atom is -0.386 e. The summed E-state index contributed by atoms with van der Waals surface area (Å²) in [5.74, 6) is 0.468. The molecule has 2 aliphatic rings. The van der Waals surface area contributed by atoms with E-state index in [-0.39, 0.29) is 17.2 Å². The Morgan fingerprint density at radius 1 is 1.42 bits per heavy atom. The number of carbonyl (C=O) groups excluding carboxylic acids is 1. The summed E-state index contributed by atoms with van der Waals surface area (Å²) in [5.41, 5.74) is -0.879. The first-order valence-corrected chi connectivity index (χ1v) is 7.66. The van der Waals surface area contributed by atoms with Crippen molar-refractivity contribution in [3.8, 4) is 0 Å². The summed E-state index contributed by atoms with van der Waals surface area (Å²) in [4.78, 5) is 14.6. The van der Waals surface area contributed by atoms with Gasteiger partial charge >= 0.3 is 0 Å². The van der Waals surface area contributed by atoms with E-state index < -0.39 is 5.60 Å². The van der Waals surface area contributed by atoms with Crippen LogP contribution in [-0.2, 0) is 4.79 Å². The van der Waals surface area contributed by atoms with Gasteiger partial charge in [-0.15, -0.1) is 0 Å². The molecule has 2 rings (SSSR count). The Hall–Kier alpha value is -0.610. The number of rotatable bonds is 4. The van der Waals surface area contributed by atoms with Gasteiger partial charge in [-0.2, -0.15) is 0 Å². The average molecular weight is 268 g/mol. The fourth-order valence-electron chi connectivity index (χ4n) is 3.41. The molecule has 0 radical (unpaired) electrons. The highest BCUT2D eigenvalue weighted by Gasteiger charge is 2.51. The molecule has 2 aliphatic heterocycles. The number of carbonyl (C=O) groups is 1. The molecule has 1 amide bonds. The van der Waals surface area contributed by atoms with Crippen molar-refractivity contribution in [2.75, 3.05) is 26.2 Å². The SMILES string of the molecule is CCCC1(C(=O)N2CC(O)(C(C)C)C2)CCCNC1. The van der Waals surface area contributed by atoms with Crippen molar-refractivity contribution in [3.05, 3.63) is 0 Å². The Labute approximate surface area is 116 Å². The Bertz CT molecular complexity index is 324. The lowest BCUT2D eigenvalue weighted by Gasteiger charge is -2.52. The standard InChI is InChI=1S/C15H28N2O2/c1-4-6-14(7-5-8-16-9-14)13(18)17-10-15(19,11-17)12(2)3/h12,16,19H,4-11H2,1-3H3. The van der Waals surface area contributed by atoms with Crippen molar-refractivity contribution in [1.29, 1.82) is 0 Å². The number of nitrogens with one attached hydrogen (secondary N) is 1. The topological polar surface area (TPSA) is 52.6 Å². The van der Waals surface area contributed by atoms with Crippen LogP contribution >= 0.6 is 0 Å². The van der Waals surface area contributed by atoms with Crippen LogP contribution in [0.1, 0.15) is 46.5 Å². The number of hydrogen-bond acceptors (Lipinski definition) is 3. The predicted molar refractivity (Wildman–Crippen MR) is 75.8 cm³/mol. The van der Waals surface area contributed by atoms with Gasteiger partial charge in [0.15, 0.2) is 0 Å². The maximum Gasteiger partial charge on any atom is 0.230 e. The molecule has 2 heterocycles. The van der Waals surface area contributed by atoms with Gasteiger partial charge < -0.3 is 15.3 Å². The molecule has 0 aromatic heterocycles. The van der Waals surface area contributed by atoms with E-state index in [1.807, 2.05) is 18.7 Å². The van der Waals surface area contributed by atoms with Crippen LogP contribution in [-0.4, -0.2) is 47.7 Å². The van der Waals surface area contributed by atoms with Crippen LogP contribution in [0.4, 0.5) is 0 Å². The molecule has 2 fully saturated rings. The van der Waals surface area contributed by atoms with Crippen molar-refractivity contribution in [2.45, 2.75) is 52.1 Å². The van der Waals surface area contributed by atoms with Gasteiger partial charge in [0, 0.05) is 6.54 Å². The summed E-state index contributed by atoms with van der Waals surface area (Å²) < 4.78 is 0. The number of amides is 1. The second-order valence-electron chi connectivity index (χ2n) is 6.73. The van der Waals surface area contributed by atoms with Gasteiger partial charge in [0.25, 0.3) is 0 Å². The summed E-state index contributed by atoms with van der Waals surface area (Å²) in [6.07, 6.45) is 4.06. The van der Waals surface area contributed by atoms with E-state index in [0.717, 1.165) is 38.8 Å². The third kappa shape index (κ3) is 2.65. The molecule has 0 bridgehead atoms. The average Bonchev–Trinajstić information content (AvgIpc) is 2.35. The van der Waals surface area contributed by atoms with E-state index in [2.05, 4.69) is 12.2 Å². The highest BCUT2D eigenvalue weighted by Crippen LogP contribution is 2.38. The Morgan fingerprint density at radius 2 is 2.11 bits per heavy atom. The fraction of sp³-hybridized carbons (Fsp3) is 0.933. The minimum absolute atomic E-state index is 0.211. The zero-order valence-corrected chi connectivity index (χ0v) is 12.5. The third-order valence-electron chi connectivity index (χ3n) is 4.95. The molecule has 4 nitrogen and oxygen atoms in total. The molecular formula is C15H28N2O2. The number of piperidine rings is 1. The maximum absolute atomic E-state index is 12.8. The summed E-state index contributed by atoms with van der Waals surface area (Å²) in [7, 11) is 0. The van der Waals surface area contributed by atoms with Crippen LogP contribution in [0.5, 0.6) is 0 Å². The molecule has 4 heteroatoms. The van der Waals surface area contributed by atoms with Crippen molar-refractivity contribution in [3.63, 3.8) is 0 Å². The first-order valence-electron chi connectivity index (χ1n) is 7.66. The molecule has 110 valence electrons. The van der Waals surface area contributed by atoms with E-state index in [0.29, 0.717) is 13.1 Å². The lowest BCUT2D eigenvalue weighted by Crippen LogP contribution is -2.69. The second-order valence-corrected chi connectivity index (χ2v) is 6.73. The summed E-state index contributed by atoms with van der Waals surface area (Å²) >= 11 is 0. The fourth-order valence-corrected chi connectivity index (χ4v) is 3.41. The van der Waals surface area contributed by atoms with Crippen molar-refractivity contribution in [2.24, 2.45) is 11.3 Å². The molecule has 1 unspecified atom stereocenters. The van der Waals surface area contributed by atoms with E-state index >= 15 is 0 Å². The zero-order chi connectivity index (χ0) is 14.1. The zero-order valence-electron chi connectivity index (χ0n) is 12.5. The molecule has 0 aromatic rings. The van der Waals surface area contributed by atoms with Crippen molar-refractivity contribution >= 4 is 5.91 Å². The molecular weight excluding hydrogens is 240 g/mol. The van der Waals surface area contributed by atoms with Gasteiger partial charge in [-0.3, -0.25) is 4.79 Å². The van der Waals surface area contributed by atoms with Gasteiger partial charge in [-0.25, -0.2) is 0 Å². The first kappa shape index (κ1) is 14.8. The van der Waals surface area contributed by atoms with Gasteiger partial charge in [-0.1, -0.05) is 27.2 Å². The van der Waals surface area contributed by atoms with Crippen molar-refractivity contribution in [1.82, 2.24) is 10.2 Å². The number of likely N-dealkylation sites (tertiary alicyclic amines) is 1. The summed E-state index contributed by atoms with van der Waals surface area (Å²) in [6.45, 7) is 9.02. The van der Waals surface area contributed by atoms with Crippen LogP contribution in [0.25, 0.3) is 0 Å². The van der Waals surface area contributed by atoms with Crippen molar-refractivity contribution < 1.29 is 9.90 Å². The monoisotopic (exact) mass is 268 g/mol. The van der Waals surface area contributed by atoms with Crippen LogP contribution in [0.3, 0.4) is 0 Å². The molecule has 19 heavy (non-hydrogen) atoms. The summed E-state index contributed by atoms with van der Waals surface area (Å²) in [6, 6.07) is 0. The highest BCUT2D eigenvalue weighted by molar-refractivity contribution is 5.84. The van der Waals surface area contributed by atoms with E-state index in [9.17, 15) is 9.90 Å². The Kier molecular flexibility index (Phi) is 4.21. The van der Waals surface area contributed by atoms with Gasteiger partial charge in [0.2, 0.25) is 5.91 Å². The van der Waals surface area contributed by atoms with Crippen LogP contribution in [0.15, 0.2) is 0 Å². The quantitative estimate of drug-likeness (QED) is 0.810. The third-order valence-corrected chi connectivity index (χ3v) is 4.95. The smallest absolute Gasteiger partial charge is 0.230 e. The Balaban J connectivity index is 2.02. The predicted octanol–water partition coefficient (Wildman–Crippen LogP) is 1.39. The molecule has 0 saturated carbocycles. The number of aliphatic hydroxyl groups is 1. The molecule has 2 N–H and O–H groups in total. The van der Waals surface area contributed by atoms with Gasteiger partial charge in [0.1, 0.15) is 5.60 Å². The van der Waals surface area contributed by atoms with Crippen LogP contribution < -0.4 is 5.32 Å². The Morgan fingerprint density at radius 3 is 2.58 bits per heavy atom. The highest BCUT2D eigenvalue weighted by atomic mass is 16.3. The van der Waals surface area contributed by atoms with E-state index in [1.165, 1.54) is 0 Å². The second kappa shape index (κ2) is 5.41. The minimum atomic E-state index is -0.662. The number of hydrogen-bond donors (Lipinski definition) is 2. The largest absolute Gasteiger partial charge is 0.386 e. The lowest BCUT2D eigenvalue weighted by atomic mass is 9.73. The van der Waals surface area contributed by atoms with Gasteiger partial charge in [-0.05, 0) is 31.7 Å². The normalized spacial score (nSPS) is 30.3. The molecule has 1 atom stereocenters. The maximum atomic E-state index is 12.8. The molecule has 2 saturated heterocycles. The van der Waals surface area contributed by atoms with Crippen LogP contribution in [0, 0.1) is 11.3 Å². The van der Waals surface area contributed by atoms with Crippen LogP contribution in [0.2, 0.25) is 0 Å².